The molecular weight excluding hydrogens is 240 g/mol. The second-order valence-electron chi connectivity index (χ2n) is 5.60. The van der Waals surface area contributed by atoms with Crippen LogP contribution < -0.4 is 10.6 Å². The summed E-state index contributed by atoms with van der Waals surface area (Å²) in [5, 5.41) is 12.2. The molecule has 2 fully saturated rings. The highest BCUT2D eigenvalue weighted by Crippen LogP contribution is 2.28. The SMILES string of the molecule is Cc1nn(C)c(N2CCN3CCCC3C2)c1C(=N)N. The van der Waals surface area contributed by atoms with Crippen LogP contribution in [0.25, 0.3) is 0 Å². The molecule has 0 aliphatic carbocycles. The van der Waals surface area contributed by atoms with Crippen molar-refractivity contribution >= 4 is 11.7 Å². The summed E-state index contributed by atoms with van der Waals surface area (Å²) in [4.78, 5) is 4.93. The molecule has 3 N–H and O–H groups in total. The van der Waals surface area contributed by atoms with E-state index in [1.807, 2.05) is 18.7 Å². The Balaban J connectivity index is 1.92. The van der Waals surface area contributed by atoms with Crippen molar-refractivity contribution in [2.24, 2.45) is 12.8 Å². The normalized spacial score (nSPS) is 23.7. The topological polar surface area (TPSA) is 74.2 Å². The maximum Gasteiger partial charge on any atom is 0.137 e. The number of aryl methyl sites for hydroxylation is 2. The second-order valence-corrected chi connectivity index (χ2v) is 5.60. The van der Waals surface area contributed by atoms with E-state index < -0.39 is 0 Å². The average Bonchev–Trinajstić information content (AvgIpc) is 2.91. The third-order valence-electron chi connectivity index (χ3n) is 4.35. The van der Waals surface area contributed by atoms with Gasteiger partial charge in [-0.3, -0.25) is 15.0 Å². The number of hydrogen-bond donors (Lipinski definition) is 2. The molecule has 3 heterocycles. The van der Waals surface area contributed by atoms with Gasteiger partial charge in [0, 0.05) is 32.7 Å². The summed E-state index contributed by atoms with van der Waals surface area (Å²) in [6, 6.07) is 0.656. The fourth-order valence-electron chi connectivity index (χ4n) is 3.51. The van der Waals surface area contributed by atoms with Gasteiger partial charge < -0.3 is 10.6 Å². The highest BCUT2D eigenvalue weighted by Gasteiger charge is 2.33. The van der Waals surface area contributed by atoms with E-state index in [0.717, 1.165) is 36.7 Å². The van der Waals surface area contributed by atoms with Crippen LogP contribution in [0.2, 0.25) is 0 Å². The van der Waals surface area contributed by atoms with Gasteiger partial charge in [-0.05, 0) is 26.3 Å². The molecule has 3 rings (SSSR count). The first-order valence-corrected chi connectivity index (χ1v) is 6.95. The number of fused-ring (bicyclic) bond motifs is 1. The molecule has 2 aliphatic rings. The Bertz CT molecular complexity index is 505. The fourth-order valence-corrected chi connectivity index (χ4v) is 3.51. The third-order valence-corrected chi connectivity index (χ3v) is 4.35. The lowest BCUT2D eigenvalue weighted by Gasteiger charge is -2.38. The lowest BCUT2D eigenvalue weighted by Crippen LogP contribution is -2.51. The van der Waals surface area contributed by atoms with E-state index in [1.54, 1.807) is 0 Å². The predicted molar refractivity (Wildman–Crippen MR) is 75.8 cm³/mol. The van der Waals surface area contributed by atoms with Crippen molar-refractivity contribution in [3.8, 4) is 0 Å². The Labute approximate surface area is 113 Å². The molecule has 0 bridgehead atoms. The maximum absolute atomic E-state index is 7.78. The molecule has 0 saturated carbocycles. The minimum atomic E-state index is 0.120. The molecule has 6 heteroatoms. The van der Waals surface area contributed by atoms with Crippen molar-refractivity contribution < 1.29 is 0 Å². The number of rotatable bonds is 2. The van der Waals surface area contributed by atoms with Crippen LogP contribution in [0.15, 0.2) is 0 Å². The number of nitrogens with one attached hydrogen (secondary N) is 1. The van der Waals surface area contributed by atoms with Gasteiger partial charge in [0.05, 0.1) is 11.3 Å². The standard InChI is InChI=1S/C13H22N6/c1-9-11(12(14)15)13(17(2)16-9)19-7-6-18-5-3-4-10(18)8-19/h10H,3-8H2,1-2H3,(H3,14,15). The first-order valence-electron chi connectivity index (χ1n) is 6.95. The quantitative estimate of drug-likeness (QED) is 0.594. The molecule has 6 nitrogen and oxygen atoms in total. The summed E-state index contributed by atoms with van der Waals surface area (Å²) in [5.41, 5.74) is 7.38. The van der Waals surface area contributed by atoms with Crippen LogP contribution in [0, 0.1) is 12.3 Å². The molecule has 104 valence electrons. The molecule has 19 heavy (non-hydrogen) atoms. The van der Waals surface area contributed by atoms with E-state index in [0.29, 0.717) is 6.04 Å². The summed E-state index contributed by atoms with van der Waals surface area (Å²) in [7, 11) is 1.94. The maximum atomic E-state index is 7.78. The molecule has 2 aliphatic heterocycles. The summed E-state index contributed by atoms with van der Waals surface area (Å²) < 4.78 is 1.87. The predicted octanol–water partition coefficient (Wildman–Crippen LogP) is 0.297. The Morgan fingerprint density at radius 3 is 2.89 bits per heavy atom. The van der Waals surface area contributed by atoms with Crippen LogP contribution in [0.5, 0.6) is 0 Å². The third kappa shape index (κ3) is 2.00. The summed E-state index contributed by atoms with van der Waals surface area (Å²) in [6.45, 7) is 6.29. The van der Waals surface area contributed by atoms with Crippen LogP contribution in [0.3, 0.4) is 0 Å². The summed E-state index contributed by atoms with van der Waals surface area (Å²) in [5.74, 6) is 1.13. The van der Waals surface area contributed by atoms with Crippen LogP contribution in [0.1, 0.15) is 24.1 Å². The number of amidine groups is 1. The Morgan fingerprint density at radius 2 is 2.16 bits per heavy atom. The van der Waals surface area contributed by atoms with Crippen molar-refractivity contribution in [2.45, 2.75) is 25.8 Å². The molecule has 1 atom stereocenters. The van der Waals surface area contributed by atoms with Crippen molar-refractivity contribution in [3.63, 3.8) is 0 Å². The second kappa shape index (κ2) is 4.52. The highest BCUT2D eigenvalue weighted by atomic mass is 15.4. The summed E-state index contributed by atoms with van der Waals surface area (Å²) in [6.07, 6.45) is 2.59. The zero-order chi connectivity index (χ0) is 13.6. The molecule has 1 unspecified atom stereocenters. The number of nitrogens with zero attached hydrogens (tertiary/aromatic N) is 4. The monoisotopic (exact) mass is 262 g/mol. The molecule has 0 amide bonds. The number of hydrogen-bond acceptors (Lipinski definition) is 4. The largest absolute Gasteiger partial charge is 0.384 e. The fraction of sp³-hybridized carbons (Fsp3) is 0.692. The lowest BCUT2D eigenvalue weighted by atomic mass is 10.1. The van der Waals surface area contributed by atoms with E-state index in [2.05, 4.69) is 14.9 Å². The van der Waals surface area contributed by atoms with Crippen molar-refractivity contribution in [2.75, 3.05) is 31.1 Å². The van der Waals surface area contributed by atoms with Crippen molar-refractivity contribution in [3.05, 3.63) is 11.3 Å². The number of aromatic nitrogens is 2. The molecule has 0 aromatic carbocycles. The van der Waals surface area contributed by atoms with E-state index in [4.69, 9.17) is 11.1 Å². The highest BCUT2D eigenvalue weighted by molar-refractivity contribution is 6.00. The van der Waals surface area contributed by atoms with Gasteiger partial charge in [-0.25, -0.2) is 0 Å². The lowest BCUT2D eigenvalue weighted by molar-refractivity contribution is 0.229. The number of anilines is 1. The number of piperazine rings is 1. The van der Waals surface area contributed by atoms with Crippen LogP contribution in [-0.4, -0.2) is 52.7 Å². The molecule has 1 aromatic heterocycles. The minimum absolute atomic E-state index is 0.120. The molecule has 0 radical (unpaired) electrons. The van der Waals surface area contributed by atoms with Gasteiger partial charge in [0.25, 0.3) is 0 Å². The van der Waals surface area contributed by atoms with Gasteiger partial charge in [0.2, 0.25) is 0 Å². The first kappa shape index (κ1) is 12.5. The minimum Gasteiger partial charge on any atom is -0.384 e. The van der Waals surface area contributed by atoms with Gasteiger partial charge in [-0.15, -0.1) is 0 Å². The van der Waals surface area contributed by atoms with Gasteiger partial charge in [-0.2, -0.15) is 5.10 Å². The molecular formula is C13H22N6. The van der Waals surface area contributed by atoms with Crippen molar-refractivity contribution in [1.82, 2.24) is 14.7 Å². The van der Waals surface area contributed by atoms with Gasteiger partial charge in [0.1, 0.15) is 11.7 Å². The first-order chi connectivity index (χ1) is 9.08. The smallest absolute Gasteiger partial charge is 0.137 e. The van der Waals surface area contributed by atoms with Gasteiger partial charge in [0.15, 0.2) is 0 Å². The Hall–Kier alpha value is -1.56. The Morgan fingerprint density at radius 1 is 1.37 bits per heavy atom. The van der Waals surface area contributed by atoms with Crippen molar-refractivity contribution in [1.29, 1.82) is 5.41 Å². The van der Waals surface area contributed by atoms with E-state index in [1.165, 1.54) is 19.4 Å². The molecule has 0 spiro atoms. The zero-order valence-electron chi connectivity index (χ0n) is 11.7. The average molecular weight is 262 g/mol. The van der Waals surface area contributed by atoms with E-state index in [9.17, 15) is 0 Å². The number of nitrogen functional groups attached to an aromatic ring is 1. The zero-order valence-corrected chi connectivity index (χ0v) is 11.7. The molecule has 1 aromatic rings. The summed E-state index contributed by atoms with van der Waals surface area (Å²) >= 11 is 0. The van der Waals surface area contributed by atoms with Gasteiger partial charge in [-0.1, -0.05) is 0 Å². The number of nitrogens with two attached hydrogens (primary N) is 1. The van der Waals surface area contributed by atoms with Crippen LogP contribution >= 0.6 is 0 Å². The van der Waals surface area contributed by atoms with Crippen LogP contribution in [0.4, 0.5) is 5.82 Å². The van der Waals surface area contributed by atoms with Crippen LogP contribution in [-0.2, 0) is 7.05 Å². The van der Waals surface area contributed by atoms with Gasteiger partial charge >= 0.3 is 0 Å². The Kier molecular flexibility index (Phi) is 2.97. The van der Waals surface area contributed by atoms with E-state index >= 15 is 0 Å². The van der Waals surface area contributed by atoms with E-state index in [-0.39, 0.29) is 5.84 Å². The molecule has 2 saturated heterocycles.